The second kappa shape index (κ2) is 6.09. The van der Waals surface area contributed by atoms with Gasteiger partial charge in [-0.05, 0) is 24.6 Å². The van der Waals surface area contributed by atoms with Crippen LogP contribution >= 0.6 is 11.6 Å². The van der Waals surface area contributed by atoms with E-state index >= 15 is 0 Å². The van der Waals surface area contributed by atoms with E-state index < -0.39 is 11.7 Å². The van der Waals surface area contributed by atoms with Crippen molar-refractivity contribution in [2.75, 3.05) is 19.7 Å². The van der Waals surface area contributed by atoms with Gasteiger partial charge in [-0.1, -0.05) is 11.6 Å². The van der Waals surface area contributed by atoms with E-state index in [9.17, 15) is 14.0 Å². The molecule has 1 heterocycles. The molecule has 1 aromatic rings. The standard InChI is InChI=1S/C13H14ClFN2O3/c14-10-5-9(15)1-2-11(10)20-7-12(18)17-4-3-8(6-17)13(16)19/h1-2,5,8H,3-4,6-7H2,(H2,16,19). The average molecular weight is 301 g/mol. The number of nitrogens with two attached hydrogens (primary N) is 1. The third kappa shape index (κ3) is 3.39. The Labute approximate surface area is 120 Å². The van der Waals surface area contributed by atoms with Crippen molar-refractivity contribution >= 4 is 23.4 Å². The topological polar surface area (TPSA) is 72.6 Å². The van der Waals surface area contributed by atoms with E-state index in [0.29, 0.717) is 19.5 Å². The predicted molar refractivity (Wildman–Crippen MR) is 70.8 cm³/mol. The summed E-state index contributed by atoms with van der Waals surface area (Å²) < 4.78 is 18.1. The Morgan fingerprint density at radius 1 is 1.50 bits per heavy atom. The minimum absolute atomic E-state index is 0.106. The maximum absolute atomic E-state index is 12.9. The number of rotatable bonds is 4. The molecule has 5 nitrogen and oxygen atoms in total. The number of carbonyl (C=O) groups is 2. The molecule has 0 radical (unpaired) electrons. The molecule has 1 saturated heterocycles. The van der Waals surface area contributed by atoms with Crippen molar-refractivity contribution in [3.05, 3.63) is 29.0 Å². The third-order valence-corrected chi connectivity index (χ3v) is 3.48. The van der Waals surface area contributed by atoms with Gasteiger partial charge in [-0.2, -0.15) is 0 Å². The molecule has 7 heteroatoms. The Hall–Kier alpha value is -1.82. The molecule has 1 aliphatic heterocycles. The van der Waals surface area contributed by atoms with Crippen molar-refractivity contribution in [3.8, 4) is 5.75 Å². The highest BCUT2D eigenvalue weighted by molar-refractivity contribution is 6.32. The van der Waals surface area contributed by atoms with Crippen molar-refractivity contribution in [1.29, 1.82) is 0 Å². The number of halogens is 2. The molecule has 0 aliphatic carbocycles. The number of likely N-dealkylation sites (tertiary alicyclic amines) is 1. The number of ether oxygens (including phenoxy) is 1. The fourth-order valence-electron chi connectivity index (χ4n) is 2.04. The monoisotopic (exact) mass is 300 g/mol. The summed E-state index contributed by atoms with van der Waals surface area (Å²) in [6.45, 7) is 0.582. The first kappa shape index (κ1) is 14.6. The molecule has 108 valence electrons. The molecule has 1 fully saturated rings. The van der Waals surface area contributed by atoms with Gasteiger partial charge < -0.3 is 15.4 Å². The van der Waals surface area contributed by atoms with Gasteiger partial charge in [-0.15, -0.1) is 0 Å². The molecule has 0 bridgehead atoms. The molecule has 0 spiro atoms. The molecule has 1 unspecified atom stereocenters. The largest absolute Gasteiger partial charge is 0.482 e. The number of hydrogen-bond donors (Lipinski definition) is 1. The number of benzene rings is 1. The van der Waals surface area contributed by atoms with Crippen molar-refractivity contribution in [3.63, 3.8) is 0 Å². The molecule has 1 aromatic carbocycles. The second-order valence-electron chi connectivity index (χ2n) is 4.59. The molecule has 2 N–H and O–H groups in total. The fraction of sp³-hybridized carbons (Fsp3) is 0.385. The van der Waals surface area contributed by atoms with Crippen LogP contribution in [-0.2, 0) is 9.59 Å². The van der Waals surface area contributed by atoms with E-state index in [1.165, 1.54) is 17.0 Å². The zero-order chi connectivity index (χ0) is 14.7. The summed E-state index contributed by atoms with van der Waals surface area (Å²) in [5.74, 6) is -1.19. The smallest absolute Gasteiger partial charge is 0.260 e. The summed E-state index contributed by atoms with van der Waals surface area (Å²) in [6.07, 6.45) is 0.568. The molecule has 1 atom stereocenters. The molecule has 1 aliphatic rings. The number of nitrogens with zero attached hydrogens (tertiary/aromatic N) is 1. The first-order valence-corrected chi connectivity index (χ1v) is 6.50. The van der Waals surface area contributed by atoms with Crippen molar-refractivity contribution in [2.45, 2.75) is 6.42 Å². The van der Waals surface area contributed by atoms with Gasteiger partial charge >= 0.3 is 0 Å². The van der Waals surface area contributed by atoms with E-state index in [0.717, 1.165) is 6.07 Å². The van der Waals surface area contributed by atoms with E-state index in [2.05, 4.69) is 0 Å². The van der Waals surface area contributed by atoms with Crippen LogP contribution in [0.1, 0.15) is 6.42 Å². The van der Waals surface area contributed by atoms with Crippen LogP contribution in [0.5, 0.6) is 5.75 Å². The maximum atomic E-state index is 12.9. The van der Waals surface area contributed by atoms with Crippen molar-refractivity contribution in [2.24, 2.45) is 11.7 Å². The van der Waals surface area contributed by atoms with Gasteiger partial charge in [0.25, 0.3) is 5.91 Å². The molecule has 2 rings (SSSR count). The highest BCUT2D eigenvalue weighted by Crippen LogP contribution is 2.25. The Morgan fingerprint density at radius 2 is 2.25 bits per heavy atom. The highest BCUT2D eigenvalue weighted by Gasteiger charge is 2.29. The lowest BCUT2D eigenvalue weighted by Crippen LogP contribution is -2.34. The number of primary amides is 1. The Bertz CT molecular complexity index is 538. The van der Waals surface area contributed by atoms with Crippen LogP contribution in [-0.4, -0.2) is 36.4 Å². The summed E-state index contributed by atoms with van der Waals surface area (Å²) in [5, 5.41) is 0.106. The van der Waals surface area contributed by atoms with Gasteiger partial charge in [0.05, 0.1) is 10.9 Å². The summed E-state index contributed by atoms with van der Waals surface area (Å²) in [6, 6.07) is 3.67. The van der Waals surface area contributed by atoms with Gasteiger partial charge in [0, 0.05) is 13.1 Å². The van der Waals surface area contributed by atoms with E-state index in [1.54, 1.807) is 0 Å². The second-order valence-corrected chi connectivity index (χ2v) is 5.00. The van der Waals surface area contributed by atoms with Gasteiger partial charge in [-0.25, -0.2) is 4.39 Å². The lowest BCUT2D eigenvalue weighted by atomic mass is 10.1. The molecule has 0 aromatic heterocycles. The van der Waals surface area contributed by atoms with Gasteiger partial charge in [-0.3, -0.25) is 9.59 Å². The van der Waals surface area contributed by atoms with Gasteiger partial charge in [0.1, 0.15) is 11.6 Å². The minimum Gasteiger partial charge on any atom is -0.482 e. The minimum atomic E-state index is -0.475. The molecular weight excluding hydrogens is 287 g/mol. The molecular formula is C13H14ClFN2O3. The quantitative estimate of drug-likeness (QED) is 0.908. The zero-order valence-corrected chi connectivity index (χ0v) is 11.4. The lowest BCUT2D eigenvalue weighted by Gasteiger charge is -2.16. The number of amides is 2. The Balaban J connectivity index is 1.88. The lowest BCUT2D eigenvalue weighted by molar-refractivity contribution is -0.132. The number of hydrogen-bond acceptors (Lipinski definition) is 3. The molecule has 0 saturated carbocycles. The first-order valence-electron chi connectivity index (χ1n) is 6.12. The molecule has 2 amide bonds. The fourth-order valence-corrected chi connectivity index (χ4v) is 2.26. The Morgan fingerprint density at radius 3 is 2.85 bits per heavy atom. The first-order chi connectivity index (χ1) is 9.47. The van der Waals surface area contributed by atoms with E-state index in [1.807, 2.05) is 0 Å². The van der Waals surface area contributed by atoms with Crippen molar-refractivity contribution < 1.29 is 18.7 Å². The van der Waals surface area contributed by atoms with E-state index in [4.69, 9.17) is 22.1 Å². The normalized spacial score (nSPS) is 18.1. The predicted octanol–water partition coefficient (Wildman–Crippen LogP) is 1.19. The Kier molecular flexibility index (Phi) is 4.44. The average Bonchev–Trinajstić information content (AvgIpc) is 2.87. The van der Waals surface area contributed by atoms with Crippen LogP contribution in [0.4, 0.5) is 4.39 Å². The highest BCUT2D eigenvalue weighted by atomic mass is 35.5. The van der Waals surface area contributed by atoms with Crippen LogP contribution in [0.25, 0.3) is 0 Å². The van der Waals surface area contributed by atoms with Crippen LogP contribution in [0.3, 0.4) is 0 Å². The molecule has 20 heavy (non-hydrogen) atoms. The summed E-state index contributed by atoms with van der Waals surface area (Å²) in [5.41, 5.74) is 5.20. The van der Waals surface area contributed by atoms with Crippen LogP contribution in [0, 0.1) is 11.7 Å². The van der Waals surface area contributed by atoms with Crippen LogP contribution < -0.4 is 10.5 Å². The maximum Gasteiger partial charge on any atom is 0.260 e. The summed E-state index contributed by atoms with van der Waals surface area (Å²) >= 11 is 5.79. The van der Waals surface area contributed by atoms with E-state index in [-0.39, 0.29) is 29.2 Å². The summed E-state index contributed by atoms with van der Waals surface area (Å²) in [7, 11) is 0. The van der Waals surface area contributed by atoms with Crippen molar-refractivity contribution in [1.82, 2.24) is 4.90 Å². The summed E-state index contributed by atoms with van der Waals surface area (Å²) in [4.78, 5) is 24.4. The number of carbonyl (C=O) groups excluding carboxylic acids is 2. The third-order valence-electron chi connectivity index (χ3n) is 3.19. The van der Waals surface area contributed by atoms with Gasteiger partial charge in [0.15, 0.2) is 6.61 Å². The van der Waals surface area contributed by atoms with Crippen LogP contribution in [0.2, 0.25) is 5.02 Å². The van der Waals surface area contributed by atoms with Gasteiger partial charge in [0.2, 0.25) is 5.91 Å². The zero-order valence-electron chi connectivity index (χ0n) is 10.6. The SMILES string of the molecule is NC(=O)C1CCN(C(=O)COc2ccc(F)cc2Cl)C1. The van der Waals surface area contributed by atoms with Crippen LogP contribution in [0.15, 0.2) is 18.2 Å².